The number of rotatable bonds is 0. The molecule has 0 aliphatic rings. The standard InChI is InChI=1S/CN.2Na.H2O3S/c1-2;;;1-4(2)3/h;;;(H2,1,2,3)/q;;+1;/p-1. The van der Waals surface area contributed by atoms with E-state index in [0.717, 1.165) is 0 Å². The Hall–Kier alpha value is 1.56. The van der Waals surface area contributed by atoms with Crippen LogP contribution in [0.2, 0.25) is 0 Å². The summed E-state index contributed by atoms with van der Waals surface area (Å²) in [6.45, 7) is 0. The summed E-state index contributed by atoms with van der Waals surface area (Å²) in [7, 11) is 0. The summed E-state index contributed by atoms with van der Waals surface area (Å²) in [5, 5.41) is 7.38. The van der Waals surface area contributed by atoms with Crippen LogP contribution >= 0.6 is 0 Å². The van der Waals surface area contributed by atoms with E-state index in [-0.39, 0.29) is 29.6 Å². The summed E-state index contributed by atoms with van der Waals surface area (Å²) < 4.78 is 26.0. The van der Waals surface area contributed by atoms with Gasteiger partial charge in [-0.2, -0.15) is 0 Å². The fourth-order valence-electron chi connectivity index (χ4n) is 0. The fraction of sp³-hybridized carbons (Fsp3) is 0. The molecule has 0 aliphatic heterocycles. The first-order valence-electron chi connectivity index (χ1n) is 1.24. The zero-order valence-electron chi connectivity index (χ0n) is 4.62. The quantitative estimate of drug-likeness (QED) is 0.284. The van der Waals surface area contributed by atoms with E-state index >= 15 is 0 Å². The van der Waals surface area contributed by atoms with Gasteiger partial charge in [-0.05, 0) is 0 Å². The van der Waals surface area contributed by atoms with E-state index in [2.05, 4.69) is 0 Å². The van der Waals surface area contributed by atoms with Gasteiger partial charge in [-0.3, -0.25) is 0 Å². The average molecular weight is 153 g/mol. The van der Waals surface area contributed by atoms with Gasteiger partial charge in [-0.15, -0.1) is 0 Å². The molecule has 8 heavy (non-hydrogen) atoms. The second-order valence-corrected chi connectivity index (χ2v) is 1.32. The minimum absolute atomic E-state index is 0. The van der Waals surface area contributed by atoms with Gasteiger partial charge in [0.2, 0.25) is 0 Å². The van der Waals surface area contributed by atoms with E-state index in [9.17, 15) is 0 Å². The van der Waals surface area contributed by atoms with E-state index in [1.54, 1.807) is 0 Å². The van der Waals surface area contributed by atoms with Gasteiger partial charge in [0, 0.05) is 0 Å². The summed E-state index contributed by atoms with van der Waals surface area (Å²) in [6, 6.07) is 0. The molecular weight excluding hydrogens is 152 g/mol. The number of nitriles is 1. The summed E-state index contributed by atoms with van der Waals surface area (Å²) in [4.78, 5) is 0. The molecule has 0 saturated heterocycles. The van der Waals surface area contributed by atoms with Gasteiger partial charge in [0.1, 0.15) is 0 Å². The molecule has 0 aromatic heterocycles. The molecule has 4 nitrogen and oxygen atoms in total. The summed E-state index contributed by atoms with van der Waals surface area (Å²) >= 11 is -2.19. The average Bonchev–Trinajstić information content (AvgIpc) is 1.33. The van der Waals surface area contributed by atoms with Crippen molar-refractivity contribution < 1.29 is 42.9 Å². The van der Waals surface area contributed by atoms with Gasteiger partial charge in [-0.1, -0.05) is 0 Å². The van der Waals surface area contributed by atoms with Crippen molar-refractivity contribution in [1.82, 2.24) is 0 Å². The van der Waals surface area contributed by atoms with Crippen LogP contribution in [0, 0.1) is 8.58 Å². The topological polar surface area (TPSA) is 84.2 Å². The molecule has 0 aliphatic carbocycles. The van der Waals surface area contributed by atoms with Crippen molar-refractivity contribution in [3.8, 4) is 3.32 Å². The Bertz CT molecular complexity index is 85.8. The molecule has 1 unspecified atom stereocenters. The van der Waals surface area contributed by atoms with Crippen molar-refractivity contribution in [3.05, 3.63) is 0 Å². The zero-order chi connectivity index (χ0) is 6.28. The van der Waals surface area contributed by atoms with Crippen LogP contribution in [0.4, 0.5) is 0 Å². The van der Waals surface area contributed by atoms with Crippen LogP contribution in [0.15, 0.2) is 0 Å². The molecule has 0 spiro atoms. The summed E-state index contributed by atoms with van der Waals surface area (Å²) in [5.41, 5.74) is 0. The maximum atomic E-state index is 8.56. The van der Waals surface area contributed by atoms with Gasteiger partial charge >= 0.3 is 66.1 Å². The maximum absolute atomic E-state index is 8.56. The molecule has 0 amide bonds. The normalized spacial score (nSPS) is 8.88. The first kappa shape index (κ1) is 16.3. The van der Waals surface area contributed by atoms with E-state index in [4.69, 9.17) is 18.6 Å². The smallest absolute Gasteiger partial charge is 0.750 e. The van der Waals surface area contributed by atoms with Crippen LogP contribution in [0.1, 0.15) is 0 Å². The molecule has 0 aromatic carbocycles. The third-order valence-corrected chi connectivity index (χ3v) is 0. The SMILES string of the molecule is N#[C][Na].O=S([O-])O.[Na+]. The van der Waals surface area contributed by atoms with Crippen molar-refractivity contribution in [2.75, 3.05) is 0 Å². The zero-order valence-corrected chi connectivity index (χ0v) is 9.44. The predicted molar refractivity (Wildman–Crippen MR) is 22.9 cm³/mol. The van der Waals surface area contributed by atoms with Gasteiger partial charge in [0.25, 0.3) is 0 Å². The molecule has 0 saturated carbocycles. The first-order chi connectivity index (χ1) is 3.15. The Kier molecular flexibility index (Phi) is 32.2. The van der Waals surface area contributed by atoms with E-state index in [0.29, 0.717) is 27.9 Å². The second kappa shape index (κ2) is 15.8. The molecule has 0 rings (SSSR count). The molecule has 0 fully saturated rings. The molecule has 36 valence electrons. The van der Waals surface area contributed by atoms with Crippen molar-refractivity contribution in [1.29, 1.82) is 5.26 Å². The third kappa shape index (κ3) is 134. The van der Waals surface area contributed by atoms with Crippen molar-refractivity contribution in [2.45, 2.75) is 0 Å². The molecule has 1 atom stereocenters. The van der Waals surface area contributed by atoms with E-state index < -0.39 is 11.4 Å². The summed E-state index contributed by atoms with van der Waals surface area (Å²) in [5.74, 6) is 0. The van der Waals surface area contributed by atoms with Crippen LogP contribution in [-0.2, 0) is 11.4 Å². The van der Waals surface area contributed by atoms with Gasteiger partial charge in [0.15, 0.2) is 0 Å². The van der Waals surface area contributed by atoms with Crippen LogP contribution in [0.25, 0.3) is 0 Å². The number of hydrogen-bond donors (Lipinski definition) is 1. The number of nitrogens with zero attached hydrogens (tertiary/aromatic N) is 1. The van der Waals surface area contributed by atoms with Crippen LogP contribution in [0.5, 0.6) is 0 Å². The second-order valence-electron chi connectivity index (χ2n) is 0.441. The van der Waals surface area contributed by atoms with Crippen LogP contribution < -0.4 is 29.6 Å². The molecular formula is CHNNa2O3S. The van der Waals surface area contributed by atoms with Gasteiger partial charge in [0.05, 0.1) is 11.4 Å². The Morgan fingerprint density at radius 2 is 1.88 bits per heavy atom. The minimum atomic E-state index is -2.86. The van der Waals surface area contributed by atoms with Crippen molar-refractivity contribution >= 4 is 39.3 Å². The minimum Gasteiger partial charge on any atom is -0.750 e. The Labute approximate surface area is 89.5 Å². The van der Waals surface area contributed by atoms with E-state index in [1.807, 2.05) is 3.32 Å². The van der Waals surface area contributed by atoms with Crippen LogP contribution in [-0.4, -0.2) is 41.2 Å². The van der Waals surface area contributed by atoms with Gasteiger partial charge < -0.3 is 9.11 Å². The monoisotopic (exact) mass is 153 g/mol. The molecule has 0 bridgehead atoms. The summed E-state index contributed by atoms with van der Waals surface area (Å²) in [6.07, 6.45) is 0. The molecule has 0 heterocycles. The van der Waals surface area contributed by atoms with Crippen LogP contribution in [0.3, 0.4) is 0 Å². The molecule has 7 heteroatoms. The predicted octanol–water partition coefficient (Wildman–Crippen LogP) is -4.02. The Morgan fingerprint density at radius 3 is 1.88 bits per heavy atom. The Morgan fingerprint density at radius 1 is 1.88 bits per heavy atom. The van der Waals surface area contributed by atoms with E-state index in [1.165, 1.54) is 0 Å². The molecule has 0 aromatic rings. The van der Waals surface area contributed by atoms with Crippen molar-refractivity contribution in [2.24, 2.45) is 0 Å². The first-order valence-corrected chi connectivity index (χ1v) is 3.27. The fourth-order valence-corrected chi connectivity index (χ4v) is 0. The molecule has 1 N–H and O–H groups in total. The molecule has 0 radical (unpaired) electrons. The largest absolute Gasteiger partial charge is 1.00 e. The van der Waals surface area contributed by atoms with Gasteiger partial charge in [-0.25, -0.2) is 4.21 Å². The maximum Gasteiger partial charge on any atom is 1.00 e. The Balaban J connectivity index is -0.0000000575. The number of hydrogen-bond acceptors (Lipinski definition) is 3. The van der Waals surface area contributed by atoms with Crippen molar-refractivity contribution in [3.63, 3.8) is 0 Å². The third-order valence-electron chi connectivity index (χ3n) is 0.